The number of nitrogens with one attached hydrogen (secondary N) is 1. The average Bonchev–Trinajstić information content (AvgIpc) is 2.64. The van der Waals surface area contributed by atoms with Crippen molar-refractivity contribution in [2.75, 3.05) is 19.6 Å². The van der Waals surface area contributed by atoms with Crippen LogP contribution in [0.3, 0.4) is 0 Å². The van der Waals surface area contributed by atoms with Crippen molar-refractivity contribution in [2.45, 2.75) is 66.0 Å². The molecule has 1 N–H and O–H groups in total. The molecule has 0 amide bonds. The quantitative estimate of drug-likeness (QED) is 0.810. The highest BCUT2D eigenvalue weighted by Gasteiger charge is 2.64. The molecule has 0 radical (unpaired) electrons. The molecule has 2 heteroatoms. The Balaban J connectivity index is 1.76. The van der Waals surface area contributed by atoms with Crippen LogP contribution in [0.15, 0.2) is 0 Å². The lowest BCUT2D eigenvalue weighted by Crippen LogP contribution is -2.44. The summed E-state index contributed by atoms with van der Waals surface area (Å²) >= 11 is 0. The molecule has 0 atom stereocenters. The molecule has 1 aliphatic carbocycles. The minimum Gasteiger partial charge on any atom is -0.310 e. The van der Waals surface area contributed by atoms with Gasteiger partial charge in [-0.05, 0) is 49.7 Å². The Hall–Kier alpha value is -0.0800. The first-order valence-electron chi connectivity index (χ1n) is 7.38. The van der Waals surface area contributed by atoms with Crippen molar-refractivity contribution in [2.24, 2.45) is 10.8 Å². The Kier molecular flexibility index (Phi) is 3.57. The molecule has 1 aliphatic heterocycles. The fourth-order valence-electron chi connectivity index (χ4n) is 3.49. The molecule has 1 heterocycles. The van der Waals surface area contributed by atoms with Crippen molar-refractivity contribution in [1.82, 2.24) is 10.2 Å². The third-order valence-corrected chi connectivity index (χ3v) is 5.55. The van der Waals surface area contributed by atoms with E-state index in [0.717, 1.165) is 12.1 Å². The van der Waals surface area contributed by atoms with Crippen molar-refractivity contribution in [3.05, 3.63) is 0 Å². The van der Waals surface area contributed by atoms with Gasteiger partial charge in [-0.2, -0.15) is 0 Å². The lowest BCUT2D eigenvalue weighted by molar-refractivity contribution is 0.194. The monoisotopic (exact) mass is 238 g/mol. The SMILES string of the molecule is CCCN1CCC(NC2C(C)(C)C2(C)C)CC1. The highest BCUT2D eigenvalue weighted by molar-refractivity contribution is 5.18. The molecular weight excluding hydrogens is 208 g/mol. The molecule has 100 valence electrons. The molecule has 2 aliphatic rings. The molecule has 0 bridgehead atoms. The lowest BCUT2D eigenvalue weighted by atomic mass is 10.0. The Morgan fingerprint density at radius 1 is 1.06 bits per heavy atom. The number of rotatable bonds is 4. The van der Waals surface area contributed by atoms with Crippen molar-refractivity contribution in [3.63, 3.8) is 0 Å². The van der Waals surface area contributed by atoms with Crippen LogP contribution in [0, 0.1) is 10.8 Å². The van der Waals surface area contributed by atoms with Crippen LogP contribution in [0.4, 0.5) is 0 Å². The normalized spacial score (nSPS) is 29.5. The van der Waals surface area contributed by atoms with E-state index in [1.165, 1.54) is 38.9 Å². The second kappa shape index (κ2) is 4.55. The van der Waals surface area contributed by atoms with Gasteiger partial charge < -0.3 is 10.2 Å². The molecule has 2 rings (SSSR count). The van der Waals surface area contributed by atoms with Crippen molar-refractivity contribution < 1.29 is 0 Å². The Labute approximate surface area is 107 Å². The van der Waals surface area contributed by atoms with E-state index in [0.29, 0.717) is 10.8 Å². The van der Waals surface area contributed by atoms with Gasteiger partial charge >= 0.3 is 0 Å². The predicted octanol–water partition coefficient (Wildman–Crippen LogP) is 2.89. The van der Waals surface area contributed by atoms with Gasteiger partial charge in [0.25, 0.3) is 0 Å². The van der Waals surface area contributed by atoms with Crippen LogP contribution in [0.2, 0.25) is 0 Å². The largest absolute Gasteiger partial charge is 0.310 e. The van der Waals surface area contributed by atoms with Crippen molar-refractivity contribution in [3.8, 4) is 0 Å². The summed E-state index contributed by atoms with van der Waals surface area (Å²) in [5, 5.41) is 3.91. The van der Waals surface area contributed by atoms with E-state index in [4.69, 9.17) is 0 Å². The molecular formula is C15H30N2. The molecule has 17 heavy (non-hydrogen) atoms. The highest BCUT2D eigenvalue weighted by atomic mass is 15.2. The van der Waals surface area contributed by atoms with Gasteiger partial charge in [0.1, 0.15) is 0 Å². The molecule has 0 spiro atoms. The second-order valence-electron chi connectivity index (χ2n) is 7.16. The smallest absolute Gasteiger partial charge is 0.0183 e. The third kappa shape index (κ3) is 2.39. The lowest BCUT2D eigenvalue weighted by Gasteiger charge is -2.32. The summed E-state index contributed by atoms with van der Waals surface area (Å²) in [5.41, 5.74) is 0.959. The standard InChI is InChI=1S/C15H30N2/c1-6-9-17-10-7-12(8-11-17)16-13-14(2,3)15(13,4)5/h12-13,16H,6-11H2,1-5H3. The number of hydrogen-bond acceptors (Lipinski definition) is 2. The average molecular weight is 238 g/mol. The maximum atomic E-state index is 3.91. The summed E-state index contributed by atoms with van der Waals surface area (Å²) < 4.78 is 0. The van der Waals surface area contributed by atoms with E-state index in [1.54, 1.807) is 0 Å². The van der Waals surface area contributed by atoms with E-state index in [2.05, 4.69) is 44.8 Å². The molecule has 1 saturated heterocycles. The Morgan fingerprint density at radius 3 is 2.00 bits per heavy atom. The van der Waals surface area contributed by atoms with E-state index >= 15 is 0 Å². The molecule has 2 nitrogen and oxygen atoms in total. The van der Waals surface area contributed by atoms with Crippen LogP contribution in [0.25, 0.3) is 0 Å². The highest BCUT2D eigenvalue weighted by Crippen LogP contribution is 2.62. The maximum Gasteiger partial charge on any atom is 0.0183 e. The van der Waals surface area contributed by atoms with Crippen molar-refractivity contribution >= 4 is 0 Å². The molecule has 0 aromatic rings. The van der Waals surface area contributed by atoms with Gasteiger partial charge in [0.15, 0.2) is 0 Å². The Bertz CT molecular complexity index is 248. The number of nitrogens with zero attached hydrogens (tertiary/aromatic N) is 1. The topological polar surface area (TPSA) is 15.3 Å². The van der Waals surface area contributed by atoms with Crippen molar-refractivity contribution in [1.29, 1.82) is 0 Å². The molecule has 0 aromatic carbocycles. The van der Waals surface area contributed by atoms with Gasteiger partial charge in [-0.25, -0.2) is 0 Å². The molecule has 0 aromatic heterocycles. The first-order valence-corrected chi connectivity index (χ1v) is 7.38. The summed E-state index contributed by atoms with van der Waals surface area (Å²) in [7, 11) is 0. The first-order chi connectivity index (χ1) is 7.89. The zero-order chi connectivity index (χ0) is 12.7. The fraction of sp³-hybridized carbons (Fsp3) is 1.00. The van der Waals surface area contributed by atoms with Gasteiger partial charge in [0, 0.05) is 12.1 Å². The number of hydrogen-bond donors (Lipinski definition) is 1. The summed E-state index contributed by atoms with van der Waals surface area (Å²) in [5.74, 6) is 0. The summed E-state index contributed by atoms with van der Waals surface area (Å²) in [4.78, 5) is 2.61. The maximum absolute atomic E-state index is 3.91. The fourth-order valence-corrected chi connectivity index (χ4v) is 3.49. The second-order valence-corrected chi connectivity index (χ2v) is 7.16. The zero-order valence-electron chi connectivity index (χ0n) is 12.3. The van der Waals surface area contributed by atoms with Gasteiger partial charge in [0.2, 0.25) is 0 Å². The number of piperidine rings is 1. The van der Waals surface area contributed by atoms with Gasteiger partial charge in [-0.1, -0.05) is 34.6 Å². The summed E-state index contributed by atoms with van der Waals surface area (Å²) in [6, 6.07) is 1.48. The van der Waals surface area contributed by atoms with E-state index in [1.807, 2.05) is 0 Å². The van der Waals surface area contributed by atoms with E-state index in [-0.39, 0.29) is 0 Å². The van der Waals surface area contributed by atoms with Crippen LogP contribution in [0.5, 0.6) is 0 Å². The Morgan fingerprint density at radius 2 is 1.59 bits per heavy atom. The molecule has 0 unspecified atom stereocenters. The van der Waals surface area contributed by atoms with Crippen LogP contribution in [-0.4, -0.2) is 36.6 Å². The first kappa shape index (κ1) is 13.4. The van der Waals surface area contributed by atoms with Gasteiger partial charge in [0.05, 0.1) is 0 Å². The van der Waals surface area contributed by atoms with Gasteiger partial charge in [-0.15, -0.1) is 0 Å². The van der Waals surface area contributed by atoms with Crippen LogP contribution < -0.4 is 5.32 Å². The van der Waals surface area contributed by atoms with Crippen LogP contribution in [0.1, 0.15) is 53.9 Å². The third-order valence-electron chi connectivity index (χ3n) is 5.55. The molecule has 2 fully saturated rings. The summed E-state index contributed by atoms with van der Waals surface area (Å²) in [6.45, 7) is 15.7. The zero-order valence-corrected chi connectivity index (χ0v) is 12.3. The molecule has 1 saturated carbocycles. The van der Waals surface area contributed by atoms with E-state index < -0.39 is 0 Å². The van der Waals surface area contributed by atoms with Crippen LogP contribution in [-0.2, 0) is 0 Å². The van der Waals surface area contributed by atoms with E-state index in [9.17, 15) is 0 Å². The number of likely N-dealkylation sites (tertiary alicyclic amines) is 1. The predicted molar refractivity (Wildman–Crippen MR) is 74.2 cm³/mol. The summed E-state index contributed by atoms with van der Waals surface area (Å²) in [6.07, 6.45) is 3.96. The van der Waals surface area contributed by atoms with Gasteiger partial charge in [-0.3, -0.25) is 0 Å². The minimum absolute atomic E-state index is 0.480. The van der Waals surface area contributed by atoms with Crippen LogP contribution >= 0.6 is 0 Å². The minimum atomic E-state index is 0.480.